The molecular formula is C11H16N4O. The maximum atomic E-state index is 5.58. The summed E-state index contributed by atoms with van der Waals surface area (Å²) >= 11 is 0. The third-order valence-electron chi connectivity index (χ3n) is 2.26. The summed E-state index contributed by atoms with van der Waals surface area (Å²) in [4.78, 5) is 0. The number of aromatic nitrogens is 4. The van der Waals surface area contributed by atoms with Gasteiger partial charge in [-0.2, -0.15) is 10.2 Å². The van der Waals surface area contributed by atoms with Crippen molar-refractivity contribution in [1.29, 1.82) is 0 Å². The maximum absolute atomic E-state index is 5.58. The van der Waals surface area contributed by atoms with Gasteiger partial charge in [-0.1, -0.05) is 0 Å². The molecule has 0 amide bonds. The average molecular weight is 220 g/mol. The summed E-state index contributed by atoms with van der Waals surface area (Å²) in [5, 5.41) is 8.43. The normalized spacial score (nSPS) is 11.0. The molecule has 2 aromatic heterocycles. The first-order chi connectivity index (χ1) is 7.65. The molecule has 2 heterocycles. The number of nitrogens with zero attached hydrogens (tertiary/aromatic N) is 4. The summed E-state index contributed by atoms with van der Waals surface area (Å²) < 4.78 is 9.21. The van der Waals surface area contributed by atoms with Crippen molar-refractivity contribution in [3.63, 3.8) is 0 Å². The van der Waals surface area contributed by atoms with Crippen LogP contribution in [0.5, 0.6) is 5.75 Å². The van der Waals surface area contributed by atoms with Gasteiger partial charge in [0.15, 0.2) is 5.75 Å². The van der Waals surface area contributed by atoms with Gasteiger partial charge in [-0.3, -0.25) is 9.36 Å². The van der Waals surface area contributed by atoms with Crippen LogP contribution in [0.2, 0.25) is 0 Å². The summed E-state index contributed by atoms with van der Waals surface area (Å²) in [5.41, 5.74) is 0.916. The molecule has 0 N–H and O–H groups in total. The molecule has 0 unspecified atom stereocenters. The SMILES string of the molecule is CC(C)n1cc(OCc2ccn(C)n2)cn1. The highest BCUT2D eigenvalue weighted by Crippen LogP contribution is 2.13. The number of ether oxygens (including phenoxy) is 1. The smallest absolute Gasteiger partial charge is 0.157 e. The lowest BCUT2D eigenvalue weighted by molar-refractivity contribution is 0.299. The fourth-order valence-electron chi connectivity index (χ4n) is 1.37. The molecule has 0 saturated carbocycles. The summed E-state index contributed by atoms with van der Waals surface area (Å²) in [6.45, 7) is 4.63. The zero-order valence-corrected chi connectivity index (χ0v) is 9.79. The van der Waals surface area contributed by atoms with E-state index in [1.54, 1.807) is 10.9 Å². The molecule has 0 bridgehead atoms. The van der Waals surface area contributed by atoms with Crippen LogP contribution in [0.25, 0.3) is 0 Å². The van der Waals surface area contributed by atoms with E-state index in [0.29, 0.717) is 12.6 Å². The molecular weight excluding hydrogens is 204 g/mol. The van der Waals surface area contributed by atoms with Gasteiger partial charge in [0.25, 0.3) is 0 Å². The predicted molar refractivity (Wildman–Crippen MR) is 60.2 cm³/mol. The molecule has 0 saturated heterocycles. The van der Waals surface area contributed by atoms with E-state index in [2.05, 4.69) is 24.0 Å². The Morgan fingerprint density at radius 3 is 2.81 bits per heavy atom. The second-order valence-corrected chi connectivity index (χ2v) is 4.02. The Hall–Kier alpha value is -1.78. The van der Waals surface area contributed by atoms with Gasteiger partial charge < -0.3 is 4.74 Å². The topological polar surface area (TPSA) is 44.9 Å². The van der Waals surface area contributed by atoms with Gasteiger partial charge in [0.1, 0.15) is 6.61 Å². The minimum atomic E-state index is 0.354. The van der Waals surface area contributed by atoms with Crippen LogP contribution in [0.1, 0.15) is 25.6 Å². The molecule has 0 aliphatic rings. The largest absolute Gasteiger partial charge is 0.484 e. The van der Waals surface area contributed by atoms with Crippen LogP contribution in [-0.4, -0.2) is 19.6 Å². The highest BCUT2D eigenvalue weighted by atomic mass is 16.5. The number of hydrogen-bond donors (Lipinski definition) is 0. The van der Waals surface area contributed by atoms with Crippen molar-refractivity contribution in [3.05, 3.63) is 30.4 Å². The fourth-order valence-corrected chi connectivity index (χ4v) is 1.37. The zero-order chi connectivity index (χ0) is 11.5. The van der Waals surface area contributed by atoms with Gasteiger partial charge in [-0.05, 0) is 19.9 Å². The van der Waals surface area contributed by atoms with Crippen LogP contribution < -0.4 is 4.74 Å². The van der Waals surface area contributed by atoms with Crippen molar-refractivity contribution in [2.75, 3.05) is 0 Å². The van der Waals surface area contributed by atoms with E-state index in [0.717, 1.165) is 11.4 Å². The summed E-state index contributed by atoms with van der Waals surface area (Å²) in [6, 6.07) is 2.29. The van der Waals surface area contributed by atoms with Crippen molar-refractivity contribution in [1.82, 2.24) is 19.6 Å². The van der Waals surface area contributed by atoms with E-state index in [4.69, 9.17) is 4.74 Å². The van der Waals surface area contributed by atoms with Crippen molar-refractivity contribution >= 4 is 0 Å². The van der Waals surface area contributed by atoms with Gasteiger partial charge >= 0.3 is 0 Å². The van der Waals surface area contributed by atoms with Gasteiger partial charge in [0, 0.05) is 19.3 Å². The first-order valence-electron chi connectivity index (χ1n) is 5.30. The molecule has 2 aromatic rings. The summed E-state index contributed by atoms with van der Waals surface area (Å²) in [5.74, 6) is 0.777. The molecule has 0 aliphatic carbocycles. The van der Waals surface area contributed by atoms with E-state index >= 15 is 0 Å². The first kappa shape index (κ1) is 10.7. The molecule has 5 heteroatoms. The minimum absolute atomic E-state index is 0.354. The maximum Gasteiger partial charge on any atom is 0.157 e. The minimum Gasteiger partial charge on any atom is -0.484 e. The van der Waals surface area contributed by atoms with Gasteiger partial charge in [0.05, 0.1) is 18.1 Å². The van der Waals surface area contributed by atoms with Gasteiger partial charge in [0.2, 0.25) is 0 Å². The Kier molecular flexibility index (Phi) is 2.94. The van der Waals surface area contributed by atoms with Crippen LogP contribution in [0.3, 0.4) is 0 Å². The van der Waals surface area contributed by atoms with Crippen molar-refractivity contribution in [2.45, 2.75) is 26.5 Å². The lowest BCUT2D eigenvalue weighted by Crippen LogP contribution is -2.00. The van der Waals surface area contributed by atoms with Crippen LogP contribution in [0.4, 0.5) is 0 Å². The van der Waals surface area contributed by atoms with E-state index < -0.39 is 0 Å². The quantitative estimate of drug-likeness (QED) is 0.789. The van der Waals surface area contributed by atoms with Gasteiger partial charge in [-0.25, -0.2) is 0 Å². The average Bonchev–Trinajstić information content (AvgIpc) is 2.83. The van der Waals surface area contributed by atoms with Crippen LogP contribution >= 0.6 is 0 Å². The Bertz CT molecular complexity index is 458. The molecule has 0 radical (unpaired) electrons. The van der Waals surface area contributed by atoms with Crippen LogP contribution in [0, 0.1) is 0 Å². The lowest BCUT2D eigenvalue weighted by atomic mass is 10.4. The van der Waals surface area contributed by atoms with E-state index in [-0.39, 0.29) is 0 Å². The Labute approximate surface area is 94.6 Å². The number of rotatable bonds is 4. The van der Waals surface area contributed by atoms with Crippen molar-refractivity contribution in [3.8, 4) is 5.75 Å². The highest BCUT2D eigenvalue weighted by Gasteiger charge is 2.03. The van der Waals surface area contributed by atoms with Crippen LogP contribution in [0.15, 0.2) is 24.7 Å². The molecule has 2 rings (SSSR count). The Morgan fingerprint density at radius 2 is 2.25 bits per heavy atom. The summed E-state index contributed by atoms with van der Waals surface area (Å²) in [7, 11) is 1.89. The second-order valence-electron chi connectivity index (χ2n) is 4.02. The van der Waals surface area contributed by atoms with E-state index in [1.165, 1.54) is 0 Å². The predicted octanol–water partition coefficient (Wildman–Crippen LogP) is 1.78. The number of aryl methyl sites for hydroxylation is 1. The van der Waals surface area contributed by atoms with Crippen molar-refractivity contribution < 1.29 is 4.74 Å². The van der Waals surface area contributed by atoms with Crippen LogP contribution in [-0.2, 0) is 13.7 Å². The monoisotopic (exact) mass is 220 g/mol. The van der Waals surface area contributed by atoms with E-state index in [1.807, 2.05) is 30.2 Å². The lowest BCUT2D eigenvalue weighted by Gasteiger charge is -2.03. The molecule has 5 nitrogen and oxygen atoms in total. The third kappa shape index (κ3) is 2.42. The molecule has 0 aromatic carbocycles. The molecule has 0 atom stereocenters. The highest BCUT2D eigenvalue weighted by molar-refractivity contribution is 5.12. The van der Waals surface area contributed by atoms with E-state index in [9.17, 15) is 0 Å². The Balaban J connectivity index is 1.94. The molecule has 0 spiro atoms. The molecule has 0 aliphatic heterocycles. The fraction of sp³-hybridized carbons (Fsp3) is 0.455. The third-order valence-corrected chi connectivity index (χ3v) is 2.26. The molecule has 0 fully saturated rings. The van der Waals surface area contributed by atoms with Gasteiger partial charge in [-0.15, -0.1) is 0 Å². The number of hydrogen-bond acceptors (Lipinski definition) is 3. The second kappa shape index (κ2) is 4.38. The summed E-state index contributed by atoms with van der Waals surface area (Å²) in [6.07, 6.45) is 5.52. The Morgan fingerprint density at radius 1 is 1.44 bits per heavy atom. The first-order valence-corrected chi connectivity index (χ1v) is 5.30. The molecule has 16 heavy (non-hydrogen) atoms. The van der Waals surface area contributed by atoms with Crippen molar-refractivity contribution in [2.24, 2.45) is 7.05 Å². The standard InChI is InChI=1S/C11H16N4O/c1-9(2)15-7-11(6-12-15)16-8-10-4-5-14(3)13-10/h4-7,9H,8H2,1-3H3. The zero-order valence-electron chi connectivity index (χ0n) is 9.79. The molecule has 86 valence electrons.